The molecule has 3 aromatic rings. The summed E-state index contributed by atoms with van der Waals surface area (Å²) in [5.74, 6) is 4.09. The van der Waals surface area contributed by atoms with Gasteiger partial charge in [0.05, 0.1) is 19.7 Å². The number of nitrogens with one attached hydrogen (secondary N) is 2. The molecule has 34 heavy (non-hydrogen) atoms. The monoisotopic (exact) mass is 463 g/mol. The van der Waals surface area contributed by atoms with Crippen LogP contribution in [0.15, 0.2) is 42.5 Å². The number of rotatable bonds is 10. The van der Waals surface area contributed by atoms with Crippen LogP contribution >= 0.6 is 0 Å². The van der Waals surface area contributed by atoms with Crippen LogP contribution in [0.3, 0.4) is 0 Å². The van der Waals surface area contributed by atoms with E-state index in [1.807, 2.05) is 32.3 Å². The Bertz CT molecular complexity index is 1060. The summed E-state index contributed by atoms with van der Waals surface area (Å²) in [5.41, 5.74) is 2.21. The van der Waals surface area contributed by atoms with E-state index in [1.54, 1.807) is 14.2 Å². The summed E-state index contributed by atoms with van der Waals surface area (Å²) < 4.78 is 10.7. The second-order valence-electron chi connectivity index (χ2n) is 9.32. The van der Waals surface area contributed by atoms with Crippen molar-refractivity contribution in [2.75, 3.05) is 51.6 Å². The highest BCUT2D eigenvalue weighted by Gasteiger charge is 2.22. The van der Waals surface area contributed by atoms with E-state index in [9.17, 15) is 0 Å². The van der Waals surface area contributed by atoms with Crippen LogP contribution in [0.4, 0.5) is 11.8 Å². The molecule has 7 nitrogen and oxygen atoms in total. The zero-order valence-electron chi connectivity index (χ0n) is 20.8. The van der Waals surface area contributed by atoms with Gasteiger partial charge < -0.3 is 25.0 Å². The molecule has 2 N–H and O–H groups in total. The van der Waals surface area contributed by atoms with Crippen molar-refractivity contribution in [2.24, 2.45) is 5.92 Å². The van der Waals surface area contributed by atoms with Gasteiger partial charge in [0.15, 0.2) is 0 Å². The van der Waals surface area contributed by atoms with Crippen molar-refractivity contribution in [1.82, 2.24) is 15.3 Å². The second kappa shape index (κ2) is 11.4. The quantitative estimate of drug-likeness (QED) is 0.429. The first-order valence-electron chi connectivity index (χ1n) is 12.2. The summed E-state index contributed by atoms with van der Waals surface area (Å²) in [5, 5.41) is 8.34. The molecular formula is C27H37N5O2. The number of aromatic nitrogens is 2. The molecule has 0 atom stereocenters. The molecule has 1 saturated carbocycles. The highest BCUT2D eigenvalue weighted by atomic mass is 16.5. The van der Waals surface area contributed by atoms with Crippen molar-refractivity contribution in [1.29, 1.82) is 0 Å². The van der Waals surface area contributed by atoms with E-state index in [-0.39, 0.29) is 0 Å². The van der Waals surface area contributed by atoms with Gasteiger partial charge in [0.1, 0.15) is 17.3 Å². The Morgan fingerprint density at radius 3 is 2.32 bits per heavy atom. The van der Waals surface area contributed by atoms with Gasteiger partial charge in [-0.1, -0.05) is 12.1 Å². The third kappa shape index (κ3) is 6.08. The number of hydrogen-bond acceptors (Lipinski definition) is 7. The van der Waals surface area contributed by atoms with Crippen LogP contribution in [-0.2, 0) is 6.42 Å². The molecule has 0 unspecified atom stereocenters. The van der Waals surface area contributed by atoms with Crippen molar-refractivity contribution in [2.45, 2.75) is 38.1 Å². The first-order chi connectivity index (χ1) is 16.6. The third-order valence-corrected chi connectivity index (χ3v) is 6.62. The molecule has 0 spiro atoms. The Morgan fingerprint density at radius 2 is 1.65 bits per heavy atom. The van der Waals surface area contributed by atoms with E-state index in [0.29, 0.717) is 12.0 Å². The lowest BCUT2D eigenvalue weighted by Gasteiger charge is -2.29. The van der Waals surface area contributed by atoms with Gasteiger partial charge in [-0.2, -0.15) is 4.98 Å². The molecule has 0 amide bonds. The van der Waals surface area contributed by atoms with Gasteiger partial charge in [0.2, 0.25) is 5.95 Å². The van der Waals surface area contributed by atoms with E-state index in [0.717, 1.165) is 66.5 Å². The number of benzene rings is 2. The van der Waals surface area contributed by atoms with E-state index in [4.69, 9.17) is 19.4 Å². The molecule has 2 aromatic carbocycles. The number of methoxy groups -OCH3 is 2. The fourth-order valence-corrected chi connectivity index (χ4v) is 4.71. The SMILES string of the molecule is COc1cc(CCNCC2CCC(Nc3nc(N(C)C)c4ccccc4n3)CC2)cc(OC)c1. The lowest BCUT2D eigenvalue weighted by molar-refractivity contribution is 0.325. The predicted octanol–water partition coefficient (Wildman–Crippen LogP) is 4.52. The van der Waals surface area contributed by atoms with Gasteiger partial charge in [0.25, 0.3) is 0 Å². The Labute approximate surface area is 202 Å². The number of anilines is 2. The minimum Gasteiger partial charge on any atom is -0.497 e. The van der Waals surface area contributed by atoms with Gasteiger partial charge in [-0.3, -0.25) is 0 Å². The van der Waals surface area contributed by atoms with Crippen molar-refractivity contribution < 1.29 is 9.47 Å². The van der Waals surface area contributed by atoms with Crippen molar-refractivity contribution >= 4 is 22.7 Å². The molecule has 1 aliphatic carbocycles. The zero-order chi connectivity index (χ0) is 23.9. The summed E-state index contributed by atoms with van der Waals surface area (Å²) in [6, 6.07) is 14.7. The summed E-state index contributed by atoms with van der Waals surface area (Å²) in [7, 11) is 7.44. The average Bonchev–Trinajstić information content (AvgIpc) is 2.86. The standard InChI is InChI=1S/C27H37N5O2/c1-32(2)26-24-7-5-6-8-25(24)30-27(31-26)29-21-11-9-19(10-12-21)18-28-14-13-20-15-22(33-3)17-23(16-20)34-4/h5-8,15-17,19,21,28H,9-14,18H2,1-4H3,(H,29,30,31). The molecule has 0 radical (unpaired) electrons. The van der Waals surface area contributed by atoms with Gasteiger partial charge >= 0.3 is 0 Å². The molecule has 0 aliphatic heterocycles. The second-order valence-corrected chi connectivity index (χ2v) is 9.32. The van der Waals surface area contributed by atoms with Gasteiger partial charge in [0, 0.05) is 31.6 Å². The first kappa shape index (κ1) is 24.1. The van der Waals surface area contributed by atoms with Gasteiger partial charge in [-0.25, -0.2) is 4.98 Å². The Morgan fingerprint density at radius 1 is 0.941 bits per heavy atom. The van der Waals surface area contributed by atoms with Gasteiger partial charge in [-0.15, -0.1) is 0 Å². The van der Waals surface area contributed by atoms with Crippen molar-refractivity contribution in [3.63, 3.8) is 0 Å². The topological polar surface area (TPSA) is 71.5 Å². The molecule has 1 aromatic heterocycles. The average molecular weight is 464 g/mol. The summed E-state index contributed by atoms with van der Waals surface area (Å²) in [6.07, 6.45) is 5.68. The van der Waals surface area contributed by atoms with E-state index in [1.165, 1.54) is 18.4 Å². The molecule has 182 valence electrons. The van der Waals surface area contributed by atoms with Crippen LogP contribution in [0.5, 0.6) is 11.5 Å². The minimum absolute atomic E-state index is 0.427. The van der Waals surface area contributed by atoms with E-state index in [2.05, 4.69) is 39.8 Å². The molecule has 4 rings (SSSR count). The molecule has 7 heteroatoms. The van der Waals surface area contributed by atoms with E-state index < -0.39 is 0 Å². The minimum atomic E-state index is 0.427. The maximum absolute atomic E-state index is 5.37. The molecule has 0 saturated heterocycles. The Hall–Kier alpha value is -3.06. The van der Waals surface area contributed by atoms with Crippen LogP contribution < -0.4 is 25.0 Å². The third-order valence-electron chi connectivity index (χ3n) is 6.62. The lowest BCUT2D eigenvalue weighted by Crippen LogP contribution is -2.32. The van der Waals surface area contributed by atoms with Crippen LogP contribution in [0, 0.1) is 5.92 Å². The Balaban J connectivity index is 1.24. The highest BCUT2D eigenvalue weighted by Crippen LogP contribution is 2.28. The molecule has 0 bridgehead atoms. The normalized spacial score (nSPS) is 18.0. The number of hydrogen-bond donors (Lipinski definition) is 2. The maximum atomic E-state index is 5.37. The number of para-hydroxylation sites is 1. The summed E-state index contributed by atoms with van der Waals surface area (Å²) in [4.78, 5) is 11.6. The van der Waals surface area contributed by atoms with Crippen LogP contribution in [0.2, 0.25) is 0 Å². The Kier molecular flexibility index (Phi) is 8.06. The number of ether oxygens (including phenoxy) is 2. The molecular weight excluding hydrogens is 426 g/mol. The fourth-order valence-electron chi connectivity index (χ4n) is 4.71. The fraction of sp³-hybridized carbons (Fsp3) is 0.481. The predicted molar refractivity (Wildman–Crippen MR) is 139 cm³/mol. The first-order valence-corrected chi connectivity index (χ1v) is 12.2. The molecule has 1 aliphatic rings. The number of nitrogens with zero attached hydrogens (tertiary/aromatic N) is 3. The van der Waals surface area contributed by atoms with Crippen LogP contribution in [-0.4, -0.2) is 57.4 Å². The number of fused-ring (bicyclic) bond motifs is 1. The largest absolute Gasteiger partial charge is 0.497 e. The summed E-state index contributed by atoms with van der Waals surface area (Å²) in [6.45, 7) is 2.01. The highest BCUT2D eigenvalue weighted by molar-refractivity contribution is 5.90. The van der Waals surface area contributed by atoms with Crippen molar-refractivity contribution in [3.8, 4) is 11.5 Å². The molecule has 1 heterocycles. The molecule has 1 fully saturated rings. The van der Waals surface area contributed by atoms with Crippen LogP contribution in [0.1, 0.15) is 31.2 Å². The zero-order valence-corrected chi connectivity index (χ0v) is 20.8. The lowest BCUT2D eigenvalue weighted by atomic mass is 9.86. The van der Waals surface area contributed by atoms with E-state index >= 15 is 0 Å². The van der Waals surface area contributed by atoms with Crippen molar-refractivity contribution in [3.05, 3.63) is 48.0 Å². The smallest absolute Gasteiger partial charge is 0.225 e. The summed E-state index contributed by atoms with van der Waals surface area (Å²) >= 11 is 0. The van der Waals surface area contributed by atoms with Crippen LogP contribution in [0.25, 0.3) is 10.9 Å². The van der Waals surface area contributed by atoms with Gasteiger partial charge in [-0.05, 0) is 80.9 Å². The maximum Gasteiger partial charge on any atom is 0.225 e.